The third-order valence-corrected chi connectivity index (χ3v) is 6.39. The molecule has 6 rings (SSSR count). The first-order valence-corrected chi connectivity index (χ1v) is 10.3. The number of amides is 2. The molecule has 152 valence electrons. The average Bonchev–Trinajstić information content (AvgIpc) is 3.44. The number of pyridine rings is 1. The van der Waals surface area contributed by atoms with E-state index < -0.39 is 5.67 Å². The van der Waals surface area contributed by atoms with Crippen molar-refractivity contribution in [2.24, 2.45) is 0 Å². The van der Waals surface area contributed by atoms with Crippen LogP contribution in [0.2, 0.25) is 0 Å². The van der Waals surface area contributed by atoms with Gasteiger partial charge in [0.15, 0.2) is 5.67 Å². The van der Waals surface area contributed by atoms with Crippen molar-refractivity contribution in [2.75, 3.05) is 20.1 Å². The number of aromatic nitrogens is 2. The number of imidazole rings is 1. The largest absolute Gasteiger partial charge is 0.306 e. The van der Waals surface area contributed by atoms with E-state index in [2.05, 4.69) is 4.98 Å². The molecule has 6 nitrogen and oxygen atoms in total. The highest BCUT2D eigenvalue weighted by molar-refractivity contribution is 6.21. The topological polar surface area (TPSA) is 57.9 Å². The first kappa shape index (κ1) is 17.8. The van der Waals surface area contributed by atoms with Crippen LogP contribution in [-0.2, 0) is 12.2 Å². The Balaban J connectivity index is 1.39. The lowest BCUT2D eigenvalue weighted by atomic mass is 9.88. The second kappa shape index (κ2) is 5.98. The zero-order valence-electron chi connectivity index (χ0n) is 16.6. The lowest BCUT2D eigenvalue weighted by molar-refractivity contribution is -0.0187. The van der Waals surface area contributed by atoms with E-state index in [1.807, 2.05) is 34.8 Å². The molecule has 30 heavy (non-hydrogen) atoms. The van der Waals surface area contributed by atoms with Crippen LogP contribution in [0.4, 0.5) is 4.39 Å². The number of carbonyl (C=O) groups excluding carboxylic acids is 2. The van der Waals surface area contributed by atoms with Gasteiger partial charge in [-0.2, -0.15) is 0 Å². The number of hydrogen-bond acceptors (Lipinski definition) is 4. The van der Waals surface area contributed by atoms with Gasteiger partial charge in [0.2, 0.25) is 0 Å². The lowest BCUT2D eigenvalue weighted by Gasteiger charge is -2.42. The molecule has 0 atom stereocenters. The summed E-state index contributed by atoms with van der Waals surface area (Å²) >= 11 is 0. The highest BCUT2D eigenvalue weighted by atomic mass is 19.1. The van der Waals surface area contributed by atoms with Crippen molar-refractivity contribution in [1.29, 1.82) is 0 Å². The fraction of sp³-hybridized carbons (Fsp3) is 0.348. The van der Waals surface area contributed by atoms with Gasteiger partial charge in [-0.1, -0.05) is 12.1 Å². The molecule has 0 N–H and O–H groups in total. The molecule has 1 saturated carbocycles. The molecule has 2 fully saturated rings. The monoisotopic (exact) mass is 404 g/mol. The normalized spacial score (nSPS) is 20.7. The number of carbonyl (C=O) groups is 2. The van der Waals surface area contributed by atoms with E-state index >= 15 is 4.39 Å². The third kappa shape index (κ3) is 2.55. The Kier molecular flexibility index (Phi) is 3.54. The van der Waals surface area contributed by atoms with Gasteiger partial charge in [0.05, 0.1) is 23.4 Å². The molecule has 1 saturated heterocycles. The van der Waals surface area contributed by atoms with Crippen LogP contribution in [0.15, 0.2) is 42.7 Å². The molecule has 2 amide bonds. The van der Waals surface area contributed by atoms with Gasteiger partial charge in [0.25, 0.3) is 11.8 Å². The van der Waals surface area contributed by atoms with E-state index in [9.17, 15) is 9.59 Å². The van der Waals surface area contributed by atoms with Crippen molar-refractivity contribution >= 4 is 17.5 Å². The van der Waals surface area contributed by atoms with E-state index in [1.54, 1.807) is 24.3 Å². The van der Waals surface area contributed by atoms with Crippen molar-refractivity contribution in [3.63, 3.8) is 0 Å². The number of rotatable bonds is 4. The SMILES string of the molecule is CN1CC(F)(c2cc(C3CC3)cn3cc(CN4C(=O)c5ccccc5C4=O)nc23)C1. The second-order valence-electron chi connectivity index (χ2n) is 8.80. The molecule has 0 unspecified atom stereocenters. The molecule has 2 aromatic heterocycles. The van der Waals surface area contributed by atoms with Crippen LogP contribution in [0, 0.1) is 0 Å². The Morgan fingerprint density at radius 2 is 1.77 bits per heavy atom. The number of fused-ring (bicyclic) bond motifs is 2. The number of hydrogen-bond donors (Lipinski definition) is 0. The number of nitrogens with zero attached hydrogens (tertiary/aromatic N) is 4. The van der Waals surface area contributed by atoms with Crippen molar-refractivity contribution in [3.05, 3.63) is 70.7 Å². The van der Waals surface area contributed by atoms with E-state index in [4.69, 9.17) is 0 Å². The van der Waals surface area contributed by atoms with Crippen molar-refractivity contribution in [2.45, 2.75) is 31.0 Å². The maximum absolute atomic E-state index is 15.6. The second-order valence-corrected chi connectivity index (χ2v) is 8.80. The minimum Gasteiger partial charge on any atom is -0.306 e. The summed E-state index contributed by atoms with van der Waals surface area (Å²) in [4.78, 5) is 33.2. The molecular weight excluding hydrogens is 383 g/mol. The number of imide groups is 1. The highest BCUT2D eigenvalue weighted by Gasteiger charge is 2.45. The van der Waals surface area contributed by atoms with Gasteiger partial charge in [0.1, 0.15) is 5.65 Å². The molecule has 3 aromatic rings. The Bertz CT molecular complexity index is 1190. The Morgan fingerprint density at radius 3 is 2.37 bits per heavy atom. The summed E-state index contributed by atoms with van der Waals surface area (Å²) in [5.74, 6) is -0.139. The fourth-order valence-electron chi connectivity index (χ4n) is 4.74. The summed E-state index contributed by atoms with van der Waals surface area (Å²) in [5, 5.41) is 0. The smallest absolute Gasteiger partial charge is 0.261 e. The maximum atomic E-state index is 15.6. The predicted octanol–water partition coefficient (Wildman–Crippen LogP) is 3.12. The number of benzene rings is 1. The summed E-state index contributed by atoms with van der Waals surface area (Å²) < 4.78 is 17.5. The van der Waals surface area contributed by atoms with Gasteiger partial charge in [-0.05, 0) is 49.6 Å². The zero-order chi connectivity index (χ0) is 20.6. The minimum absolute atomic E-state index is 0.0748. The molecular formula is C23H21FN4O2. The summed E-state index contributed by atoms with van der Waals surface area (Å²) in [7, 11) is 1.90. The summed E-state index contributed by atoms with van der Waals surface area (Å²) in [6, 6.07) is 8.80. The first-order chi connectivity index (χ1) is 14.4. The predicted molar refractivity (Wildman–Crippen MR) is 108 cm³/mol. The average molecular weight is 404 g/mol. The zero-order valence-corrected chi connectivity index (χ0v) is 16.6. The quantitative estimate of drug-likeness (QED) is 0.627. The van der Waals surface area contributed by atoms with Crippen molar-refractivity contribution in [3.8, 4) is 0 Å². The van der Waals surface area contributed by atoms with Gasteiger partial charge in [0, 0.05) is 31.0 Å². The number of likely N-dealkylation sites (N-methyl/N-ethyl adjacent to an activating group) is 1. The summed E-state index contributed by atoms with van der Waals surface area (Å²) in [6.45, 7) is 0.764. The van der Waals surface area contributed by atoms with E-state index in [1.165, 1.54) is 4.90 Å². The molecule has 1 aromatic carbocycles. The van der Waals surface area contributed by atoms with Crippen LogP contribution in [-0.4, -0.2) is 51.1 Å². The summed E-state index contributed by atoms with van der Waals surface area (Å²) in [5.41, 5.74) is 2.31. The molecule has 0 bridgehead atoms. The van der Waals surface area contributed by atoms with E-state index in [-0.39, 0.29) is 18.4 Å². The van der Waals surface area contributed by atoms with Crippen LogP contribution >= 0.6 is 0 Å². The van der Waals surface area contributed by atoms with Gasteiger partial charge in [-0.15, -0.1) is 0 Å². The van der Waals surface area contributed by atoms with Crippen molar-refractivity contribution < 1.29 is 14.0 Å². The standard InChI is InChI=1S/C23H21FN4O2/c1-26-12-23(24,13-26)19-8-15(14-6-7-14)9-27-10-16(25-20(19)27)11-28-21(29)17-4-2-3-5-18(17)22(28)30/h2-5,8-10,14H,6-7,11-13H2,1H3. The molecule has 7 heteroatoms. The van der Waals surface area contributed by atoms with Crippen LogP contribution < -0.4 is 0 Å². The van der Waals surface area contributed by atoms with Gasteiger partial charge in [-0.25, -0.2) is 9.37 Å². The van der Waals surface area contributed by atoms with Crippen molar-refractivity contribution in [1.82, 2.24) is 19.2 Å². The molecule has 0 radical (unpaired) electrons. The maximum Gasteiger partial charge on any atom is 0.261 e. The van der Waals surface area contributed by atoms with E-state index in [0.717, 1.165) is 18.4 Å². The first-order valence-electron chi connectivity index (χ1n) is 10.3. The van der Waals surface area contributed by atoms with Gasteiger partial charge in [-0.3, -0.25) is 19.4 Å². The molecule has 2 aliphatic heterocycles. The fourth-order valence-corrected chi connectivity index (χ4v) is 4.74. The van der Waals surface area contributed by atoms with Crippen LogP contribution in [0.25, 0.3) is 5.65 Å². The molecule has 1 aliphatic carbocycles. The lowest BCUT2D eigenvalue weighted by Crippen LogP contribution is -2.54. The Labute approximate surface area is 172 Å². The van der Waals surface area contributed by atoms with Crippen LogP contribution in [0.5, 0.6) is 0 Å². The minimum atomic E-state index is -1.42. The summed E-state index contributed by atoms with van der Waals surface area (Å²) in [6.07, 6.45) is 6.09. The van der Waals surface area contributed by atoms with Gasteiger partial charge >= 0.3 is 0 Å². The van der Waals surface area contributed by atoms with Crippen LogP contribution in [0.1, 0.15) is 56.3 Å². The Morgan fingerprint density at radius 1 is 1.10 bits per heavy atom. The van der Waals surface area contributed by atoms with Crippen LogP contribution in [0.3, 0.4) is 0 Å². The molecule has 3 aliphatic rings. The number of alkyl halides is 1. The molecule has 0 spiro atoms. The third-order valence-electron chi connectivity index (χ3n) is 6.39. The highest BCUT2D eigenvalue weighted by Crippen LogP contribution is 2.44. The van der Waals surface area contributed by atoms with E-state index in [0.29, 0.717) is 47.0 Å². The number of likely N-dealkylation sites (tertiary alicyclic amines) is 1. The van der Waals surface area contributed by atoms with Gasteiger partial charge < -0.3 is 4.40 Å². The number of halogens is 1. The Hall–Kier alpha value is -3.06. The molecule has 4 heterocycles.